The van der Waals surface area contributed by atoms with Gasteiger partial charge in [-0.15, -0.1) is 0 Å². The molecule has 9 heteroatoms. The van der Waals surface area contributed by atoms with E-state index in [0.717, 1.165) is 10.4 Å². The van der Waals surface area contributed by atoms with E-state index in [2.05, 4.69) is 0 Å². The van der Waals surface area contributed by atoms with Gasteiger partial charge in [-0.25, -0.2) is 8.42 Å². The molecule has 1 amide bonds. The van der Waals surface area contributed by atoms with E-state index in [4.69, 9.17) is 0 Å². The third-order valence-electron chi connectivity index (χ3n) is 3.81. The maximum Gasteiger partial charge on any atom is 0.406 e. The van der Waals surface area contributed by atoms with Crippen LogP contribution < -0.4 is 0 Å². The minimum Gasteiger partial charge on any atom is -0.329 e. The van der Waals surface area contributed by atoms with Crippen LogP contribution in [-0.2, 0) is 10.0 Å². The van der Waals surface area contributed by atoms with E-state index < -0.39 is 34.1 Å². The van der Waals surface area contributed by atoms with Crippen LogP contribution in [0.1, 0.15) is 45.0 Å². The zero-order chi connectivity index (χ0) is 21.2. The lowest BCUT2D eigenvalue weighted by atomic mass is 9.95. The van der Waals surface area contributed by atoms with Gasteiger partial charge in [0.05, 0.1) is 4.90 Å². The average molecular weight is 408 g/mol. The SMILES string of the molecule is CC(C)N(C)S(=O)(=O)c1cccc(C(=O)N(CC(C)(C)C)CC(F)(F)F)c1. The number of sulfonamides is 1. The van der Waals surface area contributed by atoms with Gasteiger partial charge in [0, 0.05) is 25.2 Å². The van der Waals surface area contributed by atoms with Crippen molar-refractivity contribution in [3.05, 3.63) is 29.8 Å². The van der Waals surface area contributed by atoms with E-state index in [-0.39, 0.29) is 23.0 Å². The van der Waals surface area contributed by atoms with Gasteiger partial charge in [0.25, 0.3) is 5.91 Å². The summed E-state index contributed by atoms with van der Waals surface area (Å²) in [6.07, 6.45) is -4.55. The van der Waals surface area contributed by atoms with Gasteiger partial charge < -0.3 is 4.90 Å². The van der Waals surface area contributed by atoms with Crippen LogP contribution in [0.25, 0.3) is 0 Å². The average Bonchev–Trinajstić information content (AvgIpc) is 2.50. The molecule has 0 N–H and O–H groups in total. The van der Waals surface area contributed by atoms with Crippen LogP contribution in [0.3, 0.4) is 0 Å². The molecule has 1 aromatic rings. The Labute approximate surface area is 159 Å². The quantitative estimate of drug-likeness (QED) is 0.720. The molecule has 154 valence electrons. The van der Waals surface area contributed by atoms with Crippen LogP contribution in [0.15, 0.2) is 29.2 Å². The highest BCUT2D eigenvalue weighted by Crippen LogP contribution is 2.24. The Morgan fingerprint density at radius 3 is 2.11 bits per heavy atom. The summed E-state index contributed by atoms with van der Waals surface area (Å²) in [7, 11) is -2.44. The third kappa shape index (κ3) is 6.80. The number of hydrogen-bond acceptors (Lipinski definition) is 3. The highest BCUT2D eigenvalue weighted by Gasteiger charge is 2.35. The summed E-state index contributed by atoms with van der Waals surface area (Å²) < 4.78 is 65.1. The van der Waals surface area contributed by atoms with Crippen molar-refractivity contribution in [1.29, 1.82) is 0 Å². The second-order valence-corrected chi connectivity index (χ2v) is 9.98. The smallest absolute Gasteiger partial charge is 0.329 e. The van der Waals surface area contributed by atoms with Crippen molar-refractivity contribution in [1.82, 2.24) is 9.21 Å². The molecule has 27 heavy (non-hydrogen) atoms. The summed E-state index contributed by atoms with van der Waals surface area (Å²) in [4.78, 5) is 13.3. The van der Waals surface area contributed by atoms with E-state index >= 15 is 0 Å². The second-order valence-electron chi connectivity index (χ2n) is 7.98. The predicted octanol–water partition coefficient (Wildman–Crippen LogP) is 3.77. The molecule has 0 aliphatic rings. The van der Waals surface area contributed by atoms with Crippen molar-refractivity contribution in [2.45, 2.75) is 51.7 Å². The maximum atomic E-state index is 12.9. The van der Waals surface area contributed by atoms with Crippen LogP contribution in [0, 0.1) is 5.41 Å². The fourth-order valence-corrected chi connectivity index (χ4v) is 3.82. The van der Waals surface area contributed by atoms with Crippen molar-refractivity contribution in [2.24, 2.45) is 5.41 Å². The minimum atomic E-state index is -4.55. The Balaban J connectivity index is 3.28. The Morgan fingerprint density at radius 1 is 1.11 bits per heavy atom. The van der Waals surface area contributed by atoms with Crippen molar-refractivity contribution < 1.29 is 26.4 Å². The van der Waals surface area contributed by atoms with E-state index in [1.165, 1.54) is 25.2 Å². The number of halogens is 3. The first-order valence-electron chi connectivity index (χ1n) is 8.49. The minimum absolute atomic E-state index is 0.0956. The van der Waals surface area contributed by atoms with Crippen molar-refractivity contribution in [2.75, 3.05) is 20.1 Å². The first kappa shape index (κ1) is 23.4. The molecule has 0 spiro atoms. The standard InChI is InChI=1S/C18H27F3N2O3S/c1-13(2)22(6)27(25,26)15-9-7-8-14(10-15)16(24)23(11-17(3,4)5)12-18(19,20)21/h7-10,13H,11-12H2,1-6H3. The lowest BCUT2D eigenvalue weighted by molar-refractivity contribution is -0.142. The lowest BCUT2D eigenvalue weighted by Gasteiger charge is -2.31. The van der Waals surface area contributed by atoms with Gasteiger partial charge >= 0.3 is 6.18 Å². The highest BCUT2D eigenvalue weighted by atomic mass is 32.2. The summed E-state index contributed by atoms with van der Waals surface area (Å²) in [5.41, 5.74) is -0.649. The Hall–Kier alpha value is -1.61. The Morgan fingerprint density at radius 2 is 1.67 bits per heavy atom. The number of amides is 1. The topological polar surface area (TPSA) is 57.7 Å². The molecule has 0 saturated carbocycles. The molecule has 0 unspecified atom stereocenters. The van der Waals surface area contributed by atoms with Crippen LogP contribution in [0.2, 0.25) is 0 Å². The highest BCUT2D eigenvalue weighted by molar-refractivity contribution is 7.89. The van der Waals surface area contributed by atoms with Crippen LogP contribution in [0.5, 0.6) is 0 Å². The number of carbonyl (C=O) groups excluding carboxylic acids is 1. The molecule has 1 rings (SSSR count). The van der Waals surface area contributed by atoms with Gasteiger partial charge in [-0.2, -0.15) is 17.5 Å². The molecule has 0 atom stereocenters. The number of rotatable bonds is 6. The van der Waals surface area contributed by atoms with Gasteiger partial charge in [0.1, 0.15) is 6.54 Å². The van der Waals surface area contributed by atoms with Gasteiger partial charge in [-0.3, -0.25) is 4.79 Å². The zero-order valence-corrected chi connectivity index (χ0v) is 17.3. The van der Waals surface area contributed by atoms with E-state index in [1.54, 1.807) is 34.6 Å². The van der Waals surface area contributed by atoms with Crippen molar-refractivity contribution >= 4 is 15.9 Å². The number of alkyl halides is 3. The fourth-order valence-electron chi connectivity index (χ4n) is 2.40. The Kier molecular flexibility index (Phi) is 7.10. The third-order valence-corrected chi connectivity index (χ3v) is 5.84. The van der Waals surface area contributed by atoms with Crippen molar-refractivity contribution in [3.63, 3.8) is 0 Å². The molecule has 1 aromatic carbocycles. The number of carbonyl (C=O) groups is 1. The maximum absolute atomic E-state index is 12.9. The van der Waals surface area contributed by atoms with Crippen LogP contribution >= 0.6 is 0 Å². The van der Waals surface area contributed by atoms with Gasteiger partial charge in [-0.05, 0) is 37.5 Å². The van der Waals surface area contributed by atoms with Gasteiger partial charge in [0.15, 0.2) is 0 Å². The summed E-state index contributed by atoms with van der Waals surface area (Å²) >= 11 is 0. The monoisotopic (exact) mass is 408 g/mol. The predicted molar refractivity (Wildman–Crippen MR) is 97.9 cm³/mol. The molecule has 5 nitrogen and oxygen atoms in total. The van der Waals surface area contributed by atoms with Crippen LogP contribution in [-0.4, -0.2) is 55.9 Å². The summed E-state index contributed by atoms with van der Waals surface area (Å²) in [6, 6.07) is 4.82. The van der Waals surface area contributed by atoms with E-state index in [1.807, 2.05) is 0 Å². The molecule has 0 fully saturated rings. The first-order chi connectivity index (χ1) is 12.0. The molecular formula is C18H27F3N2O3S. The van der Waals surface area contributed by atoms with Gasteiger partial charge in [-0.1, -0.05) is 26.8 Å². The molecule has 0 radical (unpaired) electrons. The number of benzene rings is 1. The lowest BCUT2D eigenvalue weighted by Crippen LogP contribution is -2.43. The molecule has 0 bridgehead atoms. The summed E-state index contributed by atoms with van der Waals surface area (Å²) in [5, 5.41) is 0. The fraction of sp³-hybridized carbons (Fsp3) is 0.611. The number of nitrogens with zero attached hydrogens (tertiary/aromatic N) is 2. The largest absolute Gasteiger partial charge is 0.406 e. The zero-order valence-electron chi connectivity index (χ0n) is 16.5. The van der Waals surface area contributed by atoms with Crippen molar-refractivity contribution in [3.8, 4) is 0 Å². The van der Waals surface area contributed by atoms with Gasteiger partial charge in [0.2, 0.25) is 10.0 Å². The molecule has 0 aliphatic carbocycles. The Bertz CT molecular complexity index is 753. The molecule has 0 aliphatic heterocycles. The normalized spacial score (nSPS) is 13.3. The second kappa shape index (κ2) is 8.18. The summed E-state index contributed by atoms with van der Waals surface area (Å²) in [6.45, 7) is 7.05. The van der Waals surface area contributed by atoms with E-state index in [9.17, 15) is 26.4 Å². The first-order valence-corrected chi connectivity index (χ1v) is 9.93. The molecule has 0 heterocycles. The molecule has 0 saturated heterocycles. The molecule has 0 aromatic heterocycles. The van der Waals surface area contributed by atoms with Crippen LogP contribution in [0.4, 0.5) is 13.2 Å². The van der Waals surface area contributed by atoms with E-state index in [0.29, 0.717) is 4.90 Å². The molecular weight excluding hydrogens is 381 g/mol. The summed E-state index contributed by atoms with van der Waals surface area (Å²) in [5.74, 6) is -0.855. The number of hydrogen-bond donors (Lipinski definition) is 0.